The van der Waals surface area contributed by atoms with Crippen LogP contribution in [-0.2, 0) is 33.3 Å². The van der Waals surface area contributed by atoms with Crippen LogP contribution in [0.2, 0.25) is 0 Å². The second-order valence-electron chi connectivity index (χ2n) is 4.72. The summed E-state index contributed by atoms with van der Waals surface area (Å²) in [5, 5.41) is 9.85. The summed E-state index contributed by atoms with van der Waals surface area (Å²) in [6.45, 7) is 4.63. The molecule has 1 aliphatic rings. The smallest absolute Gasteiger partial charge is 0.306 e. The molecule has 126 valence electrons. The SMILES string of the molecule is CCC(=O)O[C@@H]1[C@H](OC(=O)CC)[C@H](OC(=O)CC)CO[C@@H]1O. The molecule has 1 N–H and O–H groups in total. The van der Waals surface area contributed by atoms with Crippen LogP contribution >= 0.6 is 0 Å². The molecule has 4 atom stereocenters. The predicted molar refractivity (Wildman–Crippen MR) is 72.5 cm³/mol. The van der Waals surface area contributed by atoms with Gasteiger partial charge in [0.2, 0.25) is 0 Å². The Balaban J connectivity index is 2.92. The van der Waals surface area contributed by atoms with E-state index in [1.807, 2.05) is 0 Å². The monoisotopic (exact) mass is 318 g/mol. The molecule has 0 amide bonds. The van der Waals surface area contributed by atoms with Gasteiger partial charge in [-0.25, -0.2) is 0 Å². The lowest BCUT2D eigenvalue weighted by molar-refractivity contribution is -0.268. The van der Waals surface area contributed by atoms with Crippen molar-refractivity contribution in [3.05, 3.63) is 0 Å². The summed E-state index contributed by atoms with van der Waals surface area (Å²) in [4.78, 5) is 34.5. The zero-order valence-corrected chi connectivity index (χ0v) is 12.9. The van der Waals surface area contributed by atoms with Crippen LogP contribution in [0.1, 0.15) is 40.0 Å². The molecular weight excluding hydrogens is 296 g/mol. The highest BCUT2D eigenvalue weighted by Gasteiger charge is 2.46. The zero-order valence-electron chi connectivity index (χ0n) is 12.9. The minimum atomic E-state index is -1.46. The molecule has 0 saturated carbocycles. The number of aliphatic hydroxyl groups excluding tert-OH is 1. The number of carbonyl (C=O) groups excluding carboxylic acids is 3. The third kappa shape index (κ3) is 4.96. The van der Waals surface area contributed by atoms with Crippen LogP contribution in [0, 0.1) is 0 Å². The first-order valence-corrected chi connectivity index (χ1v) is 7.30. The Hall–Kier alpha value is -1.67. The topological polar surface area (TPSA) is 108 Å². The Labute approximate surface area is 128 Å². The summed E-state index contributed by atoms with van der Waals surface area (Å²) in [6, 6.07) is 0. The Morgan fingerprint density at radius 2 is 1.36 bits per heavy atom. The molecule has 1 aliphatic heterocycles. The van der Waals surface area contributed by atoms with Crippen molar-refractivity contribution < 1.29 is 38.4 Å². The van der Waals surface area contributed by atoms with Gasteiger partial charge in [-0.2, -0.15) is 0 Å². The molecule has 0 aromatic carbocycles. The van der Waals surface area contributed by atoms with Gasteiger partial charge in [0.15, 0.2) is 24.6 Å². The van der Waals surface area contributed by atoms with E-state index in [9.17, 15) is 19.5 Å². The molecule has 0 aromatic heterocycles. The standard InChI is InChI=1S/C14H22O8/c1-4-9(15)20-8-7-19-14(18)13(22-11(17)6-3)12(8)21-10(16)5-2/h8,12-14,18H,4-7H2,1-3H3/t8-,12-,13-,14+/m1/s1. The maximum atomic E-state index is 11.6. The zero-order chi connectivity index (χ0) is 16.7. The quantitative estimate of drug-likeness (QED) is 0.550. The van der Waals surface area contributed by atoms with Gasteiger partial charge in [0.05, 0.1) is 6.61 Å². The summed E-state index contributed by atoms with van der Waals surface area (Å²) < 4.78 is 20.5. The van der Waals surface area contributed by atoms with Crippen molar-refractivity contribution in [2.45, 2.75) is 64.6 Å². The van der Waals surface area contributed by atoms with Gasteiger partial charge in [-0.15, -0.1) is 0 Å². The normalized spacial score (nSPS) is 27.8. The second kappa shape index (κ2) is 8.70. The largest absolute Gasteiger partial charge is 0.456 e. The van der Waals surface area contributed by atoms with Gasteiger partial charge in [0, 0.05) is 19.3 Å². The lowest BCUT2D eigenvalue weighted by atomic mass is 10.0. The fourth-order valence-electron chi connectivity index (χ4n) is 1.85. The molecule has 1 heterocycles. The molecule has 8 nitrogen and oxygen atoms in total. The second-order valence-corrected chi connectivity index (χ2v) is 4.72. The summed E-state index contributed by atoms with van der Waals surface area (Å²) in [5.41, 5.74) is 0. The summed E-state index contributed by atoms with van der Waals surface area (Å²) in [6.07, 6.45) is -4.45. The van der Waals surface area contributed by atoms with E-state index in [-0.39, 0.29) is 25.9 Å². The van der Waals surface area contributed by atoms with E-state index < -0.39 is 42.5 Å². The number of esters is 3. The first-order valence-electron chi connectivity index (χ1n) is 7.30. The molecule has 22 heavy (non-hydrogen) atoms. The van der Waals surface area contributed by atoms with Gasteiger partial charge in [-0.3, -0.25) is 14.4 Å². The molecule has 1 rings (SSSR count). The van der Waals surface area contributed by atoms with Crippen molar-refractivity contribution in [2.24, 2.45) is 0 Å². The lowest BCUT2D eigenvalue weighted by Crippen LogP contribution is -2.57. The van der Waals surface area contributed by atoms with Crippen molar-refractivity contribution >= 4 is 17.9 Å². The predicted octanol–water partition coefficient (Wildman–Crippen LogP) is 0.300. The molecule has 0 spiro atoms. The summed E-state index contributed by atoms with van der Waals surface area (Å²) >= 11 is 0. The number of carbonyl (C=O) groups is 3. The van der Waals surface area contributed by atoms with Crippen LogP contribution in [0.5, 0.6) is 0 Å². The van der Waals surface area contributed by atoms with Gasteiger partial charge in [-0.05, 0) is 0 Å². The summed E-state index contributed by atoms with van der Waals surface area (Å²) in [5.74, 6) is -1.66. The van der Waals surface area contributed by atoms with Gasteiger partial charge in [0.1, 0.15) is 0 Å². The highest BCUT2D eigenvalue weighted by atomic mass is 16.7. The third-order valence-corrected chi connectivity index (χ3v) is 3.09. The lowest BCUT2D eigenvalue weighted by Gasteiger charge is -2.38. The maximum absolute atomic E-state index is 11.6. The highest BCUT2D eigenvalue weighted by molar-refractivity contribution is 5.71. The van der Waals surface area contributed by atoms with Gasteiger partial charge >= 0.3 is 17.9 Å². The number of ether oxygens (including phenoxy) is 4. The van der Waals surface area contributed by atoms with Gasteiger partial charge < -0.3 is 24.1 Å². The average Bonchev–Trinajstić information content (AvgIpc) is 2.52. The van der Waals surface area contributed by atoms with Crippen LogP contribution in [0.25, 0.3) is 0 Å². The van der Waals surface area contributed by atoms with Crippen LogP contribution in [0.4, 0.5) is 0 Å². The van der Waals surface area contributed by atoms with Crippen LogP contribution in [0.15, 0.2) is 0 Å². The van der Waals surface area contributed by atoms with Crippen LogP contribution in [-0.4, -0.2) is 54.2 Å². The number of hydrogen-bond donors (Lipinski definition) is 1. The van der Waals surface area contributed by atoms with Crippen LogP contribution < -0.4 is 0 Å². The van der Waals surface area contributed by atoms with Crippen molar-refractivity contribution in [3.8, 4) is 0 Å². The van der Waals surface area contributed by atoms with Crippen molar-refractivity contribution in [1.29, 1.82) is 0 Å². The minimum absolute atomic E-state index is 0.0804. The Bertz CT molecular complexity index is 408. The first-order chi connectivity index (χ1) is 10.4. The Morgan fingerprint density at radius 1 is 0.909 bits per heavy atom. The molecule has 0 aromatic rings. The third-order valence-electron chi connectivity index (χ3n) is 3.09. The fourth-order valence-corrected chi connectivity index (χ4v) is 1.85. The Kier molecular flexibility index (Phi) is 7.26. The van der Waals surface area contributed by atoms with E-state index in [0.717, 1.165) is 0 Å². The maximum Gasteiger partial charge on any atom is 0.306 e. The van der Waals surface area contributed by atoms with E-state index in [1.165, 1.54) is 0 Å². The van der Waals surface area contributed by atoms with E-state index in [4.69, 9.17) is 18.9 Å². The number of rotatable bonds is 6. The molecule has 0 aliphatic carbocycles. The highest BCUT2D eigenvalue weighted by Crippen LogP contribution is 2.24. The average molecular weight is 318 g/mol. The molecule has 0 unspecified atom stereocenters. The van der Waals surface area contributed by atoms with E-state index in [1.54, 1.807) is 20.8 Å². The van der Waals surface area contributed by atoms with Gasteiger partial charge in [0.25, 0.3) is 0 Å². The number of aliphatic hydroxyl groups is 1. The van der Waals surface area contributed by atoms with Crippen molar-refractivity contribution in [2.75, 3.05) is 6.61 Å². The van der Waals surface area contributed by atoms with Crippen molar-refractivity contribution in [3.63, 3.8) is 0 Å². The van der Waals surface area contributed by atoms with Crippen molar-refractivity contribution in [1.82, 2.24) is 0 Å². The fraction of sp³-hybridized carbons (Fsp3) is 0.786. The van der Waals surface area contributed by atoms with Gasteiger partial charge in [-0.1, -0.05) is 20.8 Å². The summed E-state index contributed by atoms with van der Waals surface area (Å²) in [7, 11) is 0. The molecule has 1 fully saturated rings. The Morgan fingerprint density at radius 3 is 1.86 bits per heavy atom. The molecule has 8 heteroatoms. The molecule has 0 radical (unpaired) electrons. The first kappa shape index (κ1) is 18.4. The number of hydrogen-bond acceptors (Lipinski definition) is 8. The van der Waals surface area contributed by atoms with E-state index in [0.29, 0.717) is 0 Å². The molecule has 0 bridgehead atoms. The van der Waals surface area contributed by atoms with Crippen LogP contribution in [0.3, 0.4) is 0 Å². The van der Waals surface area contributed by atoms with E-state index in [2.05, 4.69) is 0 Å². The minimum Gasteiger partial charge on any atom is -0.456 e. The molecule has 1 saturated heterocycles. The molecular formula is C14H22O8. The van der Waals surface area contributed by atoms with E-state index >= 15 is 0 Å².